The maximum atomic E-state index is 13.1. The molecule has 0 aliphatic carbocycles. The van der Waals surface area contributed by atoms with Crippen molar-refractivity contribution < 1.29 is 29.0 Å². The van der Waals surface area contributed by atoms with Gasteiger partial charge in [-0.15, -0.1) is 11.3 Å². The molecular weight excluding hydrogens is 430 g/mol. The summed E-state index contributed by atoms with van der Waals surface area (Å²) in [5.41, 5.74) is 1.74. The van der Waals surface area contributed by atoms with Crippen LogP contribution < -0.4 is 5.32 Å². The van der Waals surface area contributed by atoms with Crippen LogP contribution in [0.15, 0.2) is 47.8 Å². The third-order valence-corrected chi connectivity index (χ3v) is 7.23. The second kappa shape index (κ2) is 8.03. The summed E-state index contributed by atoms with van der Waals surface area (Å²) in [5, 5.41) is 16.7. The molecule has 0 radical (unpaired) electrons. The van der Waals surface area contributed by atoms with Crippen LogP contribution in [0.5, 0.6) is 0 Å². The minimum atomic E-state index is -1.03. The maximum absolute atomic E-state index is 13.1. The Morgan fingerprint density at radius 3 is 2.50 bits per heavy atom. The number of rotatable bonds is 5. The fraction of sp³-hybridized carbons (Fsp3) is 0.292. The van der Waals surface area contributed by atoms with E-state index in [1.165, 1.54) is 18.4 Å². The topological polar surface area (TPSA) is 102 Å². The van der Waals surface area contributed by atoms with Gasteiger partial charge in [0.2, 0.25) is 5.91 Å². The highest BCUT2D eigenvalue weighted by molar-refractivity contribution is 7.15. The average Bonchev–Trinajstić information content (AvgIpc) is 3.52. The lowest BCUT2D eigenvalue weighted by Crippen LogP contribution is -2.41. The molecule has 2 aromatic carbocycles. The molecule has 3 heterocycles. The third kappa shape index (κ3) is 3.36. The summed E-state index contributed by atoms with van der Waals surface area (Å²) in [7, 11) is 1.29. The van der Waals surface area contributed by atoms with Crippen LogP contribution in [-0.4, -0.2) is 42.3 Å². The number of carboxylic acids is 1. The lowest BCUT2D eigenvalue weighted by molar-refractivity contribution is -0.147. The zero-order valence-electron chi connectivity index (χ0n) is 17.2. The van der Waals surface area contributed by atoms with Crippen LogP contribution in [0.1, 0.15) is 23.2 Å². The number of thiophene rings is 1. The minimum absolute atomic E-state index is 0.261. The molecule has 4 atom stereocenters. The summed E-state index contributed by atoms with van der Waals surface area (Å²) >= 11 is 1.22. The Kier molecular flexibility index (Phi) is 5.19. The highest BCUT2D eigenvalue weighted by atomic mass is 32.1. The Labute approximate surface area is 188 Å². The van der Waals surface area contributed by atoms with Crippen molar-refractivity contribution in [3.63, 3.8) is 0 Å². The molecule has 2 bridgehead atoms. The molecule has 7 nitrogen and oxygen atoms in total. The average molecular weight is 452 g/mol. The number of amides is 1. The first-order valence-corrected chi connectivity index (χ1v) is 11.2. The van der Waals surface area contributed by atoms with Gasteiger partial charge >= 0.3 is 11.9 Å². The monoisotopic (exact) mass is 451 g/mol. The van der Waals surface area contributed by atoms with E-state index in [0.29, 0.717) is 23.4 Å². The number of carboxylic acid groups (broad SMARTS) is 1. The number of benzene rings is 2. The van der Waals surface area contributed by atoms with E-state index in [1.807, 2.05) is 42.5 Å². The zero-order valence-corrected chi connectivity index (χ0v) is 18.1. The van der Waals surface area contributed by atoms with Crippen molar-refractivity contribution >= 4 is 45.0 Å². The molecule has 3 aromatic rings. The number of fused-ring (bicyclic) bond motifs is 3. The van der Waals surface area contributed by atoms with Crippen LogP contribution in [0.4, 0.5) is 5.00 Å². The number of ether oxygens (including phenoxy) is 2. The summed E-state index contributed by atoms with van der Waals surface area (Å²) in [6.45, 7) is 0. The number of carbonyl (C=O) groups excluding carboxylic acids is 2. The summed E-state index contributed by atoms with van der Waals surface area (Å²) in [6.07, 6.45) is 0.444. The first kappa shape index (κ1) is 20.7. The van der Waals surface area contributed by atoms with E-state index >= 15 is 0 Å². The lowest BCUT2D eigenvalue weighted by atomic mass is 9.79. The number of carbonyl (C=O) groups is 3. The van der Waals surface area contributed by atoms with Crippen molar-refractivity contribution in [1.82, 2.24) is 0 Å². The molecule has 2 aliphatic heterocycles. The van der Waals surface area contributed by atoms with Gasteiger partial charge in [0.1, 0.15) is 10.6 Å². The van der Waals surface area contributed by atoms with Crippen LogP contribution in [0.3, 0.4) is 0 Å². The molecule has 5 rings (SSSR count). The zero-order chi connectivity index (χ0) is 22.4. The van der Waals surface area contributed by atoms with Crippen molar-refractivity contribution in [2.24, 2.45) is 11.8 Å². The number of esters is 1. The highest BCUT2D eigenvalue weighted by Gasteiger charge is 2.55. The van der Waals surface area contributed by atoms with E-state index in [-0.39, 0.29) is 5.56 Å². The Morgan fingerprint density at radius 1 is 1.06 bits per heavy atom. The molecule has 32 heavy (non-hydrogen) atoms. The largest absolute Gasteiger partial charge is 0.481 e. The van der Waals surface area contributed by atoms with E-state index in [2.05, 4.69) is 5.32 Å². The Balaban J connectivity index is 1.49. The predicted octanol–water partition coefficient (Wildman–Crippen LogP) is 4.17. The summed E-state index contributed by atoms with van der Waals surface area (Å²) in [5.74, 6) is -3.71. The van der Waals surface area contributed by atoms with Crippen molar-refractivity contribution in [3.05, 3.63) is 53.4 Å². The number of aliphatic carboxylic acids is 1. The fourth-order valence-corrected chi connectivity index (χ4v) is 5.80. The number of hydrogen-bond donors (Lipinski definition) is 2. The van der Waals surface area contributed by atoms with Crippen LogP contribution in [-0.2, 0) is 19.1 Å². The molecule has 164 valence electrons. The standard InChI is InChI=1S/C24H21NO6S/c1-30-24(29)18-15(14-7-6-12-4-2-3-5-13(12)10-14)11-32-22(18)25-21(26)19-16-8-9-17(31-16)20(19)23(27)28/h2-7,10-11,16-17,19-20H,8-9H2,1H3,(H,25,26)(H,27,28)/t16-,17+,19-,20+/m1/s1. The predicted molar refractivity (Wildman–Crippen MR) is 120 cm³/mol. The first-order chi connectivity index (χ1) is 15.5. The van der Waals surface area contributed by atoms with E-state index in [1.54, 1.807) is 5.38 Å². The minimum Gasteiger partial charge on any atom is -0.481 e. The third-order valence-electron chi connectivity index (χ3n) is 6.34. The Hall–Kier alpha value is -3.23. The van der Waals surface area contributed by atoms with E-state index < -0.39 is 41.9 Å². The summed E-state index contributed by atoms with van der Waals surface area (Å²) in [6, 6.07) is 13.8. The lowest BCUT2D eigenvalue weighted by Gasteiger charge is -2.23. The Bertz CT molecular complexity index is 1230. The normalized spacial score (nSPS) is 23.9. The van der Waals surface area contributed by atoms with E-state index in [9.17, 15) is 19.5 Å². The molecule has 2 fully saturated rings. The molecule has 0 saturated carbocycles. The van der Waals surface area contributed by atoms with Crippen molar-refractivity contribution in [2.75, 3.05) is 12.4 Å². The molecule has 1 aromatic heterocycles. The van der Waals surface area contributed by atoms with Crippen molar-refractivity contribution in [3.8, 4) is 11.1 Å². The van der Waals surface area contributed by atoms with Gasteiger partial charge in [0.15, 0.2) is 0 Å². The highest BCUT2D eigenvalue weighted by Crippen LogP contribution is 2.45. The number of methoxy groups -OCH3 is 1. The number of nitrogens with one attached hydrogen (secondary N) is 1. The van der Waals surface area contributed by atoms with Gasteiger partial charge in [-0.2, -0.15) is 0 Å². The van der Waals surface area contributed by atoms with Gasteiger partial charge in [-0.05, 0) is 35.2 Å². The van der Waals surface area contributed by atoms with Crippen molar-refractivity contribution in [2.45, 2.75) is 25.0 Å². The van der Waals surface area contributed by atoms with Crippen LogP contribution >= 0.6 is 11.3 Å². The Morgan fingerprint density at radius 2 is 1.78 bits per heavy atom. The van der Waals surface area contributed by atoms with E-state index in [0.717, 1.165) is 16.3 Å². The molecule has 0 spiro atoms. The second-order valence-electron chi connectivity index (χ2n) is 8.08. The molecule has 2 aliphatic rings. The molecule has 0 unspecified atom stereocenters. The second-order valence-corrected chi connectivity index (χ2v) is 8.96. The molecule has 2 saturated heterocycles. The fourth-order valence-electron chi connectivity index (χ4n) is 4.84. The first-order valence-electron chi connectivity index (χ1n) is 10.4. The van der Waals surface area contributed by atoms with Gasteiger partial charge in [-0.3, -0.25) is 9.59 Å². The summed E-state index contributed by atoms with van der Waals surface area (Å²) in [4.78, 5) is 37.5. The molecule has 8 heteroatoms. The quantitative estimate of drug-likeness (QED) is 0.565. The van der Waals surface area contributed by atoms with E-state index in [4.69, 9.17) is 9.47 Å². The smallest absolute Gasteiger partial charge is 0.341 e. The van der Waals surface area contributed by atoms with Gasteiger partial charge in [0.25, 0.3) is 0 Å². The maximum Gasteiger partial charge on any atom is 0.341 e. The van der Waals surface area contributed by atoms with Gasteiger partial charge < -0.3 is 19.9 Å². The molecular formula is C24H21NO6S. The summed E-state index contributed by atoms with van der Waals surface area (Å²) < 4.78 is 10.7. The van der Waals surface area contributed by atoms with Gasteiger partial charge in [0.05, 0.1) is 31.2 Å². The molecule has 1 amide bonds. The molecule has 2 N–H and O–H groups in total. The van der Waals surface area contributed by atoms with Gasteiger partial charge in [-0.1, -0.05) is 36.4 Å². The number of hydrogen-bond acceptors (Lipinski definition) is 6. The van der Waals surface area contributed by atoms with Crippen LogP contribution in [0.25, 0.3) is 21.9 Å². The number of anilines is 1. The van der Waals surface area contributed by atoms with Crippen LogP contribution in [0.2, 0.25) is 0 Å². The van der Waals surface area contributed by atoms with Gasteiger partial charge in [0, 0.05) is 10.9 Å². The van der Waals surface area contributed by atoms with Crippen LogP contribution in [0, 0.1) is 11.8 Å². The van der Waals surface area contributed by atoms with Crippen molar-refractivity contribution in [1.29, 1.82) is 0 Å². The SMILES string of the molecule is COC(=O)c1c(-c2ccc3ccccc3c2)csc1NC(=O)[C@H]1[C@@H](C(=O)O)[C@@H]2CC[C@H]1O2. The van der Waals surface area contributed by atoms with Gasteiger partial charge in [-0.25, -0.2) is 4.79 Å².